The van der Waals surface area contributed by atoms with Crippen LogP contribution in [0, 0.1) is 0 Å². The van der Waals surface area contributed by atoms with Crippen LogP contribution in [0.25, 0.3) is 0 Å². The van der Waals surface area contributed by atoms with Gasteiger partial charge in [-0.25, -0.2) is 5.48 Å². The summed E-state index contributed by atoms with van der Waals surface area (Å²) < 4.78 is 0. The lowest BCUT2D eigenvalue weighted by molar-refractivity contribution is -0.127. The molecule has 1 aromatic rings. The molecule has 24 heavy (non-hydrogen) atoms. The molecule has 126 valence electrons. The summed E-state index contributed by atoms with van der Waals surface area (Å²) in [7, 11) is 1.35. The second kappa shape index (κ2) is 7.84. The summed E-state index contributed by atoms with van der Waals surface area (Å²) in [5.74, 6) is -0.814. The highest BCUT2D eigenvalue weighted by molar-refractivity contribution is 6.28. The average Bonchev–Trinajstić information content (AvgIpc) is 2.59. The van der Waals surface area contributed by atoms with Crippen LogP contribution in [-0.2, 0) is 9.63 Å². The molecule has 0 saturated carbocycles. The predicted molar refractivity (Wildman–Crippen MR) is 90.6 cm³/mol. The quantitative estimate of drug-likeness (QED) is 0.643. The molecule has 2 rings (SSSR count). The zero-order chi connectivity index (χ0) is 17.7. The molecule has 1 aliphatic carbocycles. The fourth-order valence-corrected chi connectivity index (χ4v) is 2.64. The molecule has 1 aliphatic rings. The van der Waals surface area contributed by atoms with Crippen molar-refractivity contribution in [3.8, 4) is 0 Å². The van der Waals surface area contributed by atoms with Gasteiger partial charge in [-0.15, -0.1) is 0 Å². The minimum absolute atomic E-state index is 0.182. The number of carbonyl (C=O) groups excluding carboxylic acids is 3. The standard InChI is InChI=1S/C19H21NO4/c1-4-5-8-13(19(23)20-24-3)11-16-12(2)17(21)14-9-6-7-10-15(14)18(16)22/h6-7,9-11H,4-5,8H2,1-3H3,(H,20,23)/b13-11+. The summed E-state index contributed by atoms with van der Waals surface area (Å²) in [6.45, 7) is 3.63. The Morgan fingerprint density at radius 1 is 1.17 bits per heavy atom. The number of carbonyl (C=O) groups is 3. The maximum absolute atomic E-state index is 12.7. The van der Waals surface area contributed by atoms with Gasteiger partial charge in [-0.3, -0.25) is 19.2 Å². The summed E-state index contributed by atoms with van der Waals surface area (Å²) >= 11 is 0. The van der Waals surface area contributed by atoms with Gasteiger partial charge in [0.05, 0.1) is 7.11 Å². The molecule has 0 heterocycles. The van der Waals surface area contributed by atoms with Gasteiger partial charge in [-0.1, -0.05) is 37.6 Å². The Bertz CT molecular complexity index is 743. The number of fused-ring (bicyclic) bond motifs is 1. The Kier molecular flexibility index (Phi) is 5.82. The zero-order valence-electron chi connectivity index (χ0n) is 14.1. The lowest BCUT2D eigenvalue weighted by Crippen LogP contribution is -2.25. The Hall–Kier alpha value is -2.53. The summed E-state index contributed by atoms with van der Waals surface area (Å²) in [4.78, 5) is 42.1. The van der Waals surface area contributed by atoms with E-state index in [-0.39, 0.29) is 17.1 Å². The number of unbranched alkanes of at least 4 members (excludes halogenated alkanes) is 1. The number of ketones is 2. The number of benzene rings is 1. The van der Waals surface area contributed by atoms with Crippen LogP contribution in [0.4, 0.5) is 0 Å². The zero-order valence-corrected chi connectivity index (χ0v) is 14.1. The lowest BCUT2D eigenvalue weighted by atomic mass is 9.83. The SMILES string of the molecule is CCCC/C(=C\C1=C(C)C(=O)c2ccccc2C1=O)C(=O)NOC. The first-order valence-electron chi connectivity index (χ1n) is 7.94. The normalized spacial score (nSPS) is 14.7. The molecular weight excluding hydrogens is 306 g/mol. The topological polar surface area (TPSA) is 72.5 Å². The monoisotopic (exact) mass is 327 g/mol. The summed E-state index contributed by atoms with van der Waals surface area (Å²) in [5, 5.41) is 0. The minimum atomic E-state index is -0.398. The van der Waals surface area contributed by atoms with Gasteiger partial charge in [-0.05, 0) is 25.8 Å². The highest BCUT2D eigenvalue weighted by Gasteiger charge is 2.29. The Morgan fingerprint density at radius 2 is 1.79 bits per heavy atom. The number of amides is 1. The van der Waals surface area contributed by atoms with E-state index < -0.39 is 5.91 Å². The molecule has 0 aromatic heterocycles. The van der Waals surface area contributed by atoms with Gasteiger partial charge in [0.15, 0.2) is 11.6 Å². The van der Waals surface area contributed by atoms with E-state index in [4.69, 9.17) is 0 Å². The van der Waals surface area contributed by atoms with Crippen molar-refractivity contribution in [3.05, 3.63) is 58.2 Å². The Balaban J connectivity index is 2.47. The van der Waals surface area contributed by atoms with Crippen molar-refractivity contribution in [2.75, 3.05) is 7.11 Å². The first-order valence-corrected chi connectivity index (χ1v) is 7.94. The maximum Gasteiger partial charge on any atom is 0.270 e. The van der Waals surface area contributed by atoms with Crippen LogP contribution >= 0.6 is 0 Å². The highest BCUT2D eigenvalue weighted by Crippen LogP contribution is 2.28. The minimum Gasteiger partial charge on any atom is -0.289 e. The number of rotatable bonds is 6. The van der Waals surface area contributed by atoms with Crippen LogP contribution in [0.1, 0.15) is 53.8 Å². The van der Waals surface area contributed by atoms with Crippen LogP contribution < -0.4 is 5.48 Å². The van der Waals surface area contributed by atoms with Gasteiger partial charge in [0.1, 0.15) is 0 Å². The third kappa shape index (κ3) is 3.51. The molecule has 0 saturated heterocycles. The first-order chi connectivity index (χ1) is 11.5. The highest BCUT2D eigenvalue weighted by atomic mass is 16.6. The molecule has 1 N–H and O–H groups in total. The third-order valence-electron chi connectivity index (χ3n) is 4.01. The number of hydrogen-bond acceptors (Lipinski definition) is 4. The van der Waals surface area contributed by atoms with Crippen molar-refractivity contribution < 1.29 is 19.2 Å². The van der Waals surface area contributed by atoms with E-state index in [9.17, 15) is 14.4 Å². The van der Waals surface area contributed by atoms with Crippen molar-refractivity contribution in [2.45, 2.75) is 33.1 Å². The number of nitrogens with one attached hydrogen (secondary N) is 1. The Morgan fingerprint density at radius 3 is 2.38 bits per heavy atom. The maximum atomic E-state index is 12.7. The van der Waals surface area contributed by atoms with Crippen molar-refractivity contribution in [2.24, 2.45) is 0 Å². The fourth-order valence-electron chi connectivity index (χ4n) is 2.64. The van der Waals surface area contributed by atoms with Gasteiger partial charge in [-0.2, -0.15) is 0 Å². The van der Waals surface area contributed by atoms with Crippen molar-refractivity contribution in [1.82, 2.24) is 5.48 Å². The molecule has 0 radical (unpaired) electrons. The van der Waals surface area contributed by atoms with E-state index in [2.05, 4.69) is 10.3 Å². The molecule has 0 aliphatic heterocycles. The van der Waals surface area contributed by atoms with Gasteiger partial charge < -0.3 is 0 Å². The third-order valence-corrected chi connectivity index (χ3v) is 4.01. The van der Waals surface area contributed by atoms with Crippen LogP contribution in [0.2, 0.25) is 0 Å². The summed E-state index contributed by atoms with van der Waals surface area (Å²) in [6.07, 6.45) is 3.74. The van der Waals surface area contributed by atoms with Crippen LogP contribution in [0.5, 0.6) is 0 Å². The molecular formula is C19H21NO4. The lowest BCUT2D eigenvalue weighted by Gasteiger charge is -2.18. The van der Waals surface area contributed by atoms with Crippen LogP contribution in [-0.4, -0.2) is 24.6 Å². The summed E-state index contributed by atoms with van der Waals surface area (Å²) in [6, 6.07) is 6.74. The van der Waals surface area contributed by atoms with Gasteiger partial charge in [0.25, 0.3) is 5.91 Å². The number of hydroxylamine groups is 1. The Labute approximate surface area is 141 Å². The molecule has 0 spiro atoms. The number of hydrogen-bond donors (Lipinski definition) is 1. The molecule has 0 fully saturated rings. The molecule has 0 unspecified atom stereocenters. The van der Waals surface area contributed by atoms with Gasteiger partial charge in [0, 0.05) is 27.8 Å². The van der Waals surface area contributed by atoms with E-state index in [0.717, 1.165) is 12.8 Å². The second-order valence-electron chi connectivity index (χ2n) is 5.65. The number of Topliss-reactive ketones (excluding diaryl/α,β-unsaturated/α-hetero) is 2. The predicted octanol–water partition coefficient (Wildman–Crippen LogP) is 3.18. The van der Waals surface area contributed by atoms with Gasteiger partial charge >= 0.3 is 0 Å². The molecule has 5 heteroatoms. The van der Waals surface area contributed by atoms with Crippen molar-refractivity contribution in [1.29, 1.82) is 0 Å². The van der Waals surface area contributed by atoms with E-state index in [1.54, 1.807) is 31.2 Å². The van der Waals surface area contributed by atoms with Crippen molar-refractivity contribution >= 4 is 17.5 Å². The second-order valence-corrected chi connectivity index (χ2v) is 5.65. The molecule has 0 atom stereocenters. The van der Waals surface area contributed by atoms with E-state index in [1.807, 2.05) is 6.92 Å². The molecule has 5 nitrogen and oxygen atoms in total. The van der Waals surface area contributed by atoms with E-state index in [0.29, 0.717) is 28.7 Å². The van der Waals surface area contributed by atoms with Gasteiger partial charge in [0.2, 0.25) is 0 Å². The van der Waals surface area contributed by atoms with Crippen LogP contribution in [0.15, 0.2) is 47.1 Å². The number of allylic oxidation sites excluding steroid dienone is 3. The van der Waals surface area contributed by atoms with Crippen molar-refractivity contribution in [3.63, 3.8) is 0 Å². The smallest absolute Gasteiger partial charge is 0.270 e. The summed E-state index contributed by atoms with van der Waals surface area (Å²) in [5.41, 5.74) is 4.12. The molecule has 1 amide bonds. The largest absolute Gasteiger partial charge is 0.289 e. The average molecular weight is 327 g/mol. The van der Waals surface area contributed by atoms with E-state index >= 15 is 0 Å². The van der Waals surface area contributed by atoms with E-state index in [1.165, 1.54) is 13.2 Å². The molecule has 1 aromatic carbocycles. The first kappa shape index (κ1) is 17.8. The molecule has 0 bridgehead atoms. The van der Waals surface area contributed by atoms with Crippen LogP contribution in [0.3, 0.4) is 0 Å². The fraction of sp³-hybridized carbons (Fsp3) is 0.316.